The summed E-state index contributed by atoms with van der Waals surface area (Å²) in [6, 6.07) is 8.57. The van der Waals surface area contributed by atoms with Crippen LogP contribution in [0.1, 0.15) is 19.3 Å². The standard InChI is InChI=1S/C13H17NO/c1-15-13-9-7-12(8-10-13)14-11-5-3-2-4-6-11/h3,5,7-11,14H,2,4,6H2,1H3. The molecule has 1 atom stereocenters. The maximum Gasteiger partial charge on any atom is 0.119 e. The van der Waals surface area contributed by atoms with Crippen molar-refractivity contribution in [1.29, 1.82) is 0 Å². The highest BCUT2D eigenvalue weighted by molar-refractivity contribution is 5.47. The van der Waals surface area contributed by atoms with Gasteiger partial charge in [-0.15, -0.1) is 0 Å². The number of nitrogens with one attached hydrogen (secondary N) is 1. The first-order chi connectivity index (χ1) is 7.38. The smallest absolute Gasteiger partial charge is 0.119 e. The number of rotatable bonds is 3. The minimum absolute atomic E-state index is 0.493. The molecule has 1 unspecified atom stereocenters. The second-order valence-electron chi connectivity index (χ2n) is 3.84. The van der Waals surface area contributed by atoms with Crippen LogP contribution in [0.3, 0.4) is 0 Å². The quantitative estimate of drug-likeness (QED) is 0.762. The van der Waals surface area contributed by atoms with Crippen molar-refractivity contribution in [3.63, 3.8) is 0 Å². The van der Waals surface area contributed by atoms with E-state index in [0.717, 1.165) is 11.4 Å². The summed E-state index contributed by atoms with van der Waals surface area (Å²) in [6.07, 6.45) is 8.24. The van der Waals surface area contributed by atoms with Gasteiger partial charge in [0.1, 0.15) is 5.75 Å². The average Bonchev–Trinajstić information content (AvgIpc) is 2.31. The largest absolute Gasteiger partial charge is 0.497 e. The zero-order valence-corrected chi connectivity index (χ0v) is 9.07. The number of benzene rings is 1. The van der Waals surface area contributed by atoms with E-state index >= 15 is 0 Å². The van der Waals surface area contributed by atoms with Crippen LogP contribution >= 0.6 is 0 Å². The Morgan fingerprint density at radius 1 is 1.27 bits per heavy atom. The van der Waals surface area contributed by atoms with E-state index in [1.165, 1.54) is 19.3 Å². The number of hydrogen-bond acceptors (Lipinski definition) is 2. The molecule has 2 heteroatoms. The normalized spacial score (nSPS) is 19.9. The molecule has 1 N–H and O–H groups in total. The van der Waals surface area contributed by atoms with Crippen LogP contribution < -0.4 is 10.1 Å². The Hall–Kier alpha value is -1.44. The fourth-order valence-corrected chi connectivity index (χ4v) is 1.83. The molecule has 1 aliphatic carbocycles. The van der Waals surface area contributed by atoms with Crippen LogP contribution in [0.15, 0.2) is 36.4 Å². The minimum Gasteiger partial charge on any atom is -0.497 e. The molecule has 1 aromatic carbocycles. The van der Waals surface area contributed by atoms with Gasteiger partial charge in [0.25, 0.3) is 0 Å². The Labute approximate surface area is 91.0 Å². The number of ether oxygens (including phenoxy) is 1. The summed E-state index contributed by atoms with van der Waals surface area (Å²) >= 11 is 0. The molecular formula is C13H17NO. The average molecular weight is 203 g/mol. The molecule has 0 spiro atoms. The van der Waals surface area contributed by atoms with Crippen LogP contribution in [0.25, 0.3) is 0 Å². The molecule has 1 aliphatic rings. The monoisotopic (exact) mass is 203 g/mol. The summed E-state index contributed by atoms with van der Waals surface area (Å²) in [6.45, 7) is 0. The molecule has 0 saturated carbocycles. The van der Waals surface area contributed by atoms with Crippen LogP contribution in [0, 0.1) is 0 Å². The molecule has 0 saturated heterocycles. The topological polar surface area (TPSA) is 21.3 Å². The molecular weight excluding hydrogens is 186 g/mol. The lowest BCUT2D eigenvalue weighted by molar-refractivity contribution is 0.415. The lowest BCUT2D eigenvalue weighted by atomic mass is 10.0. The predicted octanol–water partition coefficient (Wildman–Crippen LogP) is 3.22. The van der Waals surface area contributed by atoms with Crippen molar-refractivity contribution in [2.24, 2.45) is 0 Å². The molecule has 0 amide bonds. The van der Waals surface area contributed by atoms with Gasteiger partial charge in [-0.2, -0.15) is 0 Å². The Morgan fingerprint density at radius 2 is 2.07 bits per heavy atom. The number of hydrogen-bond donors (Lipinski definition) is 1. The molecule has 15 heavy (non-hydrogen) atoms. The van der Waals surface area contributed by atoms with Gasteiger partial charge in [0, 0.05) is 11.7 Å². The fraction of sp³-hybridized carbons (Fsp3) is 0.385. The molecule has 80 valence electrons. The Balaban J connectivity index is 1.97. The zero-order chi connectivity index (χ0) is 10.5. The van der Waals surface area contributed by atoms with Crippen LogP contribution in [-0.2, 0) is 0 Å². The second-order valence-corrected chi connectivity index (χ2v) is 3.84. The fourth-order valence-electron chi connectivity index (χ4n) is 1.83. The van der Waals surface area contributed by atoms with E-state index in [2.05, 4.69) is 29.6 Å². The molecule has 0 bridgehead atoms. The Bertz CT molecular complexity index is 329. The van der Waals surface area contributed by atoms with Gasteiger partial charge in [-0.25, -0.2) is 0 Å². The lowest BCUT2D eigenvalue weighted by Crippen LogP contribution is -2.18. The summed E-state index contributed by atoms with van der Waals surface area (Å²) in [5, 5.41) is 3.49. The highest BCUT2D eigenvalue weighted by Gasteiger charge is 2.07. The third-order valence-corrected chi connectivity index (χ3v) is 2.70. The Kier molecular flexibility index (Phi) is 3.28. The van der Waals surface area contributed by atoms with E-state index < -0.39 is 0 Å². The van der Waals surface area contributed by atoms with Crippen molar-refractivity contribution in [3.05, 3.63) is 36.4 Å². The Morgan fingerprint density at radius 3 is 2.67 bits per heavy atom. The van der Waals surface area contributed by atoms with Gasteiger partial charge in [-0.1, -0.05) is 12.2 Å². The van der Waals surface area contributed by atoms with Crippen molar-refractivity contribution in [1.82, 2.24) is 0 Å². The first kappa shape index (κ1) is 10.1. The molecule has 0 fully saturated rings. The minimum atomic E-state index is 0.493. The molecule has 0 aliphatic heterocycles. The summed E-state index contributed by atoms with van der Waals surface area (Å²) in [5.41, 5.74) is 1.16. The lowest BCUT2D eigenvalue weighted by Gasteiger charge is -2.19. The van der Waals surface area contributed by atoms with E-state index in [9.17, 15) is 0 Å². The van der Waals surface area contributed by atoms with E-state index in [-0.39, 0.29) is 0 Å². The molecule has 0 heterocycles. The van der Waals surface area contributed by atoms with Crippen LogP contribution in [-0.4, -0.2) is 13.2 Å². The second kappa shape index (κ2) is 4.87. The summed E-state index contributed by atoms with van der Waals surface area (Å²) in [7, 11) is 1.69. The molecule has 1 aromatic rings. The molecule has 2 rings (SSSR count). The third kappa shape index (κ3) is 2.75. The highest BCUT2D eigenvalue weighted by Crippen LogP contribution is 2.19. The van der Waals surface area contributed by atoms with Gasteiger partial charge in [0.2, 0.25) is 0 Å². The molecule has 2 nitrogen and oxygen atoms in total. The summed E-state index contributed by atoms with van der Waals surface area (Å²) in [4.78, 5) is 0. The van der Waals surface area contributed by atoms with Gasteiger partial charge >= 0.3 is 0 Å². The summed E-state index contributed by atoms with van der Waals surface area (Å²) < 4.78 is 5.12. The number of methoxy groups -OCH3 is 1. The maximum absolute atomic E-state index is 5.12. The van der Waals surface area contributed by atoms with Gasteiger partial charge in [-0.3, -0.25) is 0 Å². The molecule has 0 aromatic heterocycles. The van der Waals surface area contributed by atoms with Crippen molar-refractivity contribution in [3.8, 4) is 5.75 Å². The van der Waals surface area contributed by atoms with E-state index in [1.807, 2.05) is 12.1 Å². The predicted molar refractivity (Wildman–Crippen MR) is 63.4 cm³/mol. The first-order valence-electron chi connectivity index (χ1n) is 5.46. The SMILES string of the molecule is COc1ccc(NC2C=CCCC2)cc1. The van der Waals surface area contributed by atoms with E-state index in [0.29, 0.717) is 6.04 Å². The highest BCUT2D eigenvalue weighted by atomic mass is 16.5. The maximum atomic E-state index is 5.12. The zero-order valence-electron chi connectivity index (χ0n) is 9.07. The van der Waals surface area contributed by atoms with Gasteiger partial charge in [-0.05, 0) is 43.5 Å². The van der Waals surface area contributed by atoms with Crippen molar-refractivity contribution < 1.29 is 4.74 Å². The number of anilines is 1. The number of allylic oxidation sites excluding steroid dienone is 1. The van der Waals surface area contributed by atoms with E-state index in [4.69, 9.17) is 4.74 Å². The van der Waals surface area contributed by atoms with Crippen LogP contribution in [0.2, 0.25) is 0 Å². The van der Waals surface area contributed by atoms with Crippen LogP contribution in [0.5, 0.6) is 5.75 Å². The van der Waals surface area contributed by atoms with Gasteiger partial charge < -0.3 is 10.1 Å². The first-order valence-corrected chi connectivity index (χ1v) is 5.46. The van der Waals surface area contributed by atoms with Crippen molar-refractivity contribution in [2.75, 3.05) is 12.4 Å². The van der Waals surface area contributed by atoms with Crippen molar-refractivity contribution in [2.45, 2.75) is 25.3 Å². The van der Waals surface area contributed by atoms with E-state index in [1.54, 1.807) is 7.11 Å². The molecule has 0 radical (unpaired) electrons. The summed E-state index contributed by atoms with van der Waals surface area (Å²) in [5.74, 6) is 0.903. The van der Waals surface area contributed by atoms with Gasteiger partial charge in [0.15, 0.2) is 0 Å². The van der Waals surface area contributed by atoms with Crippen LogP contribution in [0.4, 0.5) is 5.69 Å². The van der Waals surface area contributed by atoms with Gasteiger partial charge in [0.05, 0.1) is 7.11 Å². The third-order valence-electron chi connectivity index (χ3n) is 2.70. The van der Waals surface area contributed by atoms with Crippen molar-refractivity contribution >= 4 is 5.69 Å².